The molecule has 0 aromatic heterocycles. The molecular weight excluding hydrogens is 204 g/mol. The summed E-state index contributed by atoms with van der Waals surface area (Å²) in [5, 5.41) is 19.5. The summed E-state index contributed by atoms with van der Waals surface area (Å²) in [6, 6.07) is 4.72. The predicted octanol–water partition coefficient (Wildman–Crippen LogP) is 2.62. The first-order valence-corrected chi connectivity index (χ1v) is 4.24. The van der Waals surface area contributed by atoms with E-state index in [1.54, 1.807) is 6.92 Å². The topological polar surface area (TPSA) is 66.9 Å². The lowest BCUT2D eigenvalue weighted by atomic mass is 10.1. The molecule has 0 radical (unpaired) electrons. The van der Waals surface area contributed by atoms with Crippen molar-refractivity contribution in [2.45, 2.75) is 13.3 Å². The van der Waals surface area contributed by atoms with Crippen molar-refractivity contribution in [2.75, 3.05) is 0 Å². The molecule has 0 spiro atoms. The summed E-state index contributed by atoms with van der Waals surface area (Å²) < 4.78 is 0. The van der Waals surface area contributed by atoms with Gasteiger partial charge in [0.1, 0.15) is 0 Å². The standard InChI is InChI=1S/C9H7ClN2O2/c1-6-4-9(12(13)14)7(2-3-11)5-8(6)10/h4-5H,2H2,1H3. The van der Waals surface area contributed by atoms with Crippen LogP contribution in [-0.2, 0) is 6.42 Å². The van der Waals surface area contributed by atoms with E-state index in [2.05, 4.69) is 0 Å². The molecule has 0 bridgehead atoms. The summed E-state index contributed by atoms with van der Waals surface area (Å²) in [7, 11) is 0. The maximum atomic E-state index is 10.6. The van der Waals surface area contributed by atoms with Crippen LogP contribution in [0.3, 0.4) is 0 Å². The van der Waals surface area contributed by atoms with E-state index in [4.69, 9.17) is 16.9 Å². The van der Waals surface area contributed by atoms with E-state index >= 15 is 0 Å². The smallest absolute Gasteiger partial charge is 0.258 e. The molecule has 72 valence electrons. The molecule has 0 saturated heterocycles. The first-order valence-electron chi connectivity index (χ1n) is 3.86. The van der Waals surface area contributed by atoms with E-state index < -0.39 is 4.92 Å². The maximum Gasteiger partial charge on any atom is 0.274 e. The Morgan fingerprint density at radius 1 is 1.64 bits per heavy atom. The molecule has 0 atom stereocenters. The normalized spacial score (nSPS) is 9.50. The van der Waals surface area contributed by atoms with Gasteiger partial charge in [0.05, 0.1) is 17.4 Å². The predicted molar refractivity (Wildman–Crippen MR) is 52.2 cm³/mol. The minimum absolute atomic E-state index is 0.00366. The second-order valence-electron chi connectivity index (χ2n) is 2.82. The molecule has 4 nitrogen and oxygen atoms in total. The Labute approximate surface area is 85.9 Å². The third-order valence-corrected chi connectivity index (χ3v) is 2.23. The molecule has 0 aliphatic heterocycles. The third kappa shape index (κ3) is 2.01. The van der Waals surface area contributed by atoms with Crippen molar-refractivity contribution in [3.63, 3.8) is 0 Å². The number of hydrogen-bond donors (Lipinski definition) is 0. The van der Waals surface area contributed by atoms with E-state index in [1.807, 2.05) is 6.07 Å². The quantitative estimate of drug-likeness (QED) is 0.557. The molecule has 0 unspecified atom stereocenters. The van der Waals surface area contributed by atoms with Gasteiger partial charge in [-0.3, -0.25) is 10.1 Å². The molecule has 1 aromatic carbocycles. The van der Waals surface area contributed by atoms with Gasteiger partial charge in [0.15, 0.2) is 0 Å². The van der Waals surface area contributed by atoms with E-state index in [-0.39, 0.29) is 12.1 Å². The molecular formula is C9H7ClN2O2. The average Bonchev–Trinajstić information content (AvgIpc) is 2.11. The van der Waals surface area contributed by atoms with Gasteiger partial charge in [-0.05, 0) is 18.6 Å². The summed E-state index contributed by atoms with van der Waals surface area (Å²) in [6.07, 6.45) is -0.00366. The van der Waals surface area contributed by atoms with Crippen LogP contribution in [-0.4, -0.2) is 4.92 Å². The van der Waals surface area contributed by atoms with Crippen LogP contribution in [0.15, 0.2) is 12.1 Å². The molecule has 0 N–H and O–H groups in total. The van der Waals surface area contributed by atoms with Gasteiger partial charge < -0.3 is 0 Å². The lowest BCUT2D eigenvalue weighted by Gasteiger charge is -2.02. The number of nitrogens with zero attached hydrogens (tertiary/aromatic N) is 2. The maximum absolute atomic E-state index is 10.6. The first kappa shape index (κ1) is 10.5. The monoisotopic (exact) mass is 210 g/mol. The van der Waals surface area contributed by atoms with Gasteiger partial charge in [-0.2, -0.15) is 5.26 Å². The molecule has 5 heteroatoms. The highest BCUT2D eigenvalue weighted by Gasteiger charge is 2.15. The van der Waals surface area contributed by atoms with E-state index in [1.165, 1.54) is 12.1 Å². The second kappa shape index (κ2) is 4.07. The van der Waals surface area contributed by atoms with Crippen molar-refractivity contribution < 1.29 is 4.92 Å². The van der Waals surface area contributed by atoms with Crippen LogP contribution < -0.4 is 0 Å². The zero-order chi connectivity index (χ0) is 10.7. The minimum atomic E-state index is -0.504. The Hall–Kier alpha value is -1.60. The number of aryl methyl sites for hydroxylation is 1. The van der Waals surface area contributed by atoms with Crippen LogP contribution in [0.1, 0.15) is 11.1 Å². The lowest BCUT2D eigenvalue weighted by Crippen LogP contribution is -1.96. The Kier molecular flexibility index (Phi) is 3.05. The third-order valence-electron chi connectivity index (χ3n) is 1.83. The fourth-order valence-electron chi connectivity index (χ4n) is 1.10. The Morgan fingerprint density at radius 2 is 2.29 bits per heavy atom. The van der Waals surface area contributed by atoms with Crippen LogP contribution in [0.25, 0.3) is 0 Å². The van der Waals surface area contributed by atoms with Crippen LogP contribution in [0, 0.1) is 28.4 Å². The van der Waals surface area contributed by atoms with Crippen molar-refractivity contribution in [3.8, 4) is 6.07 Å². The number of rotatable bonds is 2. The average molecular weight is 211 g/mol. The summed E-state index contributed by atoms with van der Waals surface area (Å²) in [6.45, 7) is 1.69. The van der Waals surface area contributed by atoms with Crippen molar-refractivity contribution in [1.82, 2.24) is 0 Å². The SMILES string of the molecule is Cc1cc([N+](=O)[O-])c(CC#N)cc1Cl. The van der Waals surface area contributed by atoms with Gasteiger partial charge in [0.2, 0.25) is 0 Å². The summed E-state index contributed by atoms with van der Waals surface area (Å²) in [5.41, 5.74) is 0.946. The number of nitriles is 1. The Balaban J connectivity index is 3.32. The molecule has 0 saturated carbocycles. The van der Waals surface area contributed by atoms with Crippen molar-refractivity contribution >= 4 is 17.3 Å². The van der Waals surface area contributed by atoms with Gasteiger partial charge >= 0.3 is 0 Å². The minimum Gasteiger partial charge on any atom is -0.258 e. The van der Waals surface area contributed by atoms with Crippen LogP contribution in [0.5, 0.6) is 0 Å². The molecule has 0 fully saturated rings. The fourth-order valence-corrected chi connectivity index (χ4v) is 1.29. The zero-order valence-electron chi connectivity index (χ0n) is 7.45. The molecule has 0 amide bonds. The van der Waals surface area contributed by atoms with Gasteiger partial charge in [0.25, 0.3) is 5.69 Å². The molecule has 1 rings (SSSR count). The van der Waals surface area contributed by atoms with E-state index in [9.17, 15) is 10.1 Å². The van der Waals surface area contributed by atoms with Gasteiger partial charge in [-0.1, -0.05) is 11.6 Å². The highest BCUT2D eigenvalue weighted by Crippen LogP contribution is 2.26. The molecule has 0 heterocycles. The van der Waals surface area contributed by atoms with Crippen molar-refractivity contribution in [3.05, 3.63) is 38.4 Å². The Morgan fingerprint density at radius 3 is 2.79 bits per heavy atom. The van der Waals surface area contributed by atoms with Crippen LogP contribution in [0.2, 0.25) is 5.02 Å². The lowest BCUT2D eigenvalue weighted by molar-refractivity contribution is -0.385. The first-order chi connectivity index (χ1) is 6.56. The number of halogens is 1. The summed E-state index contributed by atoms with van der Waals surface area (Å²) in [4.78, 5) is 10.1. The number of nitro groups is 1. The van der Waals surface area contributed by atoms with Crippen molar-refractivity contribution in [1.29, 1.82) is 5.26 Å². The number of benzene rings is 1. The van der Waals surface area contributed by atoms with Gasteiger partial charge in [-0.15, -0.1) is 0 Å². The summed E-state index contributed by atoms with van der Waals surface area (Å²) in [5.74, 6) is 0. The second-order valence-corrected chi connectivity index (χ2v) is 3.23. The molecule has 14 heavy (non-hydrogen) atoms. The Bertz CT molecular complexity index is 424. The van der Waals surface area contributed by atoms with E-state index in [0.717, 1.165) is 0 Å². The van der Waals surface area contributed by atoms with Gasteiger partial charge in [0, 0.05) is 16.7 Å². The molecule has 0 aliphatic rings. The largest absolute Gasteiger partial charge is 0.274 e. The fraction of sp³-hybridized carbons (Fsp3) is 0.222. The van der Waals surface area contributed by atoms with E-state index in [0.29, 0.717) is 16.1 Å². The summed E-state index contributed by atoms with van der Waals surface area (Å²) >= 11 is 5.79. The zero-order valence-corrected chi connectivity index (χ0v) is 8.21. The van der Waals surface area contributed by atoms with Crippen LogP contribution >= 0.6 is 11.6 Å². The van der Waals surface area contributed by atoms with Crippen molar-refractivity contribution in [2.24, 2.45) is 0 Å². The highest BCUT2D eigenvalue weighted by atomic mass is 35.5. The number of hydrogen-bond acceptors (Lipinski definition) is 3. The number of nitro benzene ring substituents is 1. The highest BCUT2D eigenvalue weighted by molar-refractivity contribution is 6.31. The van der Waals surface area contributed by atoms with Gasteiger partial charge in [-0.25, -0.2) is 0 Å². The molecule has 0 aliphatic carbocycles. The molecule has 1 aromatic rings. The van der Waals surface area contributed by atoms with Crippen LogP contribution in [0.4, 0.5) is 5.69 Å².